The van der Waals surface area contributed by atoms with Crippen LogP contribution in [0.4, 0.5) is 0 Å². The van der Waals surface area contributed by atoms with Crippen LogP contribution in [0.15, 0.2) is 89.5 Å². The Hall–Kier alpha value is -4.06. The lowest BCUT2D eigenvalue weighted by molar-refractivity contribution is -0.126. The van der Waals surface area contributed by atoms with Gasteiger partial charge in [-0.05, 0) is 80.3 Å². The summed E-state index contributed by atoms with van der Waals surface area (Å²) in [7, 11) is 0. The molecule has 2 heterocycles. The molecule has 0 saturated carbocycles. The van der Waals surface area contributed by atoms with Crippen LogP contribution < -0.4 is 0 Å². The summed E-state index contributed by atoms with van der Waals surface area (Å²) in [5, 5.41) is 3.83. The highest BCUT2D eigenvalue weighted by Gasteiger charge is 2.43. The summed E-state index contributed by atoms with van der Waals surface area (Å²) >= 11 is 0. The molecule has 1 aromatic heterocycles. The van der Waals surface area contributed by atoms with E-state index in [2.05, 4.69) is 53.5 Å². The van der Waals surface area contributed by atoms with Gasteiger partial charge in [0.05, 0.1) is 5.41 Å². The van der Waals surface area contributed by atoms with Crippen molar-refractivity contribution in [1.29, 1.82) is 0 Å². The van der Waals surface area contributed by atoms with Crippen molar-refractivity contribution in [3.63, 3.8) is 0 Å². The number of likely N-dealkylation sites (tertiary alicyclic amines) is 1. The quantitative estimate of drug-likeness (QED) is 0.215. The molecule has 206 valence electrons. The van der Waals surface area contributed by atoms with Gasteiger partial charge in [-0.1, -0.05) is 72.7 Å². The third kappa shape index (κ3) is 5.91. The van der Waals surface area contributed by atoms with Gasteiger partial charge in [-0.15, -0.1) is 0 Å². The standard InChI is InChI=1S/C34H37N3O3/c1-3-26(27-11-6-4-7-12-27)13-10-16-31(38)34(30-14-8-5-9-15-30)21-23-37(24-22-34)33(39)29-19-17-28(18-20-29)32-35-25(2)36-40-32/h4-9,11-12,14-15,17-20,26H,3,10,13,16,21-24H2,1-2H3. The van der Waals surface area contributed by atoms with Crippen molar-refractivity contribution in [2.75, 3.05) is 13.1 Å². The van der Waals surface area contributed by atoms with Gasteiger partial charge in [-0.3, -0.25) is 9.59 Å². The van der Waals surface area contributed by atoms with E-state index in [1.54, 1.807) is 19.1 Å². The van der Waals surface area contributed by atoms with Gasteiger partial charge in [0.15, 0.2) is 5.82 Å². The second-order valence-electron chi connectivity index (χ2n) is 10.8. The molecule has 40 heavy (non-hydrogen) atoms. The van der Waals surface area contributed by atoms with Crippen molar-refractivity contribution in [3.05, 3.63) is 107 Å². The predicted octanol–water partition coefficient (Wildman–Crippen LogP) is 7.15. The minimum Gasteiger partial charge on any atom is -0.339 e. The van der Waals surface area contributed by atoms with E-state index in [9.17, 15) is 9.59 Å². The Morgan fingerprint density at radius 3 is 2.17 bits per heavy atom. The fourth-order valence-electron chi connectivity index (χ4n) is 6.01. The summed E-state index contributed by atoms with van der Waals surface area (Å²) in [6, 6.07) is 28.0. The van der Waals surface area contributed by atoms with Crippen LogP contribution in [0.1, 0.15) is 78.7 Å². The van der Waals surface area contributed by atoms with Crippen LogP contribution in [0, 0.1) is 6.92 Å². The maximum Gasteiger partial charge on any atom is 0.257 e. The molecule has 0 spiro atoms. The molecule has 1 aliphatic rings. The number of piperidine rings is 1. The first-order valence-electron chi connectivity index (χ1n) is 14.3. The lowest BCUT2D eigenvalue weighted by atomic mass is 9.68. The molecule has 3 aromatic carbocycles. The molecule has 1 aliphatic heterocycles. The largest absolute Gasteiger partial charge is 0.339 e. The molecule has 1 atom stereocenters. The minimum atomic E-state index is -0.549. The second kappa shape index (κ2) is 12.4. The third-order valence-corrected chi connectivity index (χ3v) is 8.39. The van der Waals surface area contributed by atoms with E-state index in [1.165, 1.54) is 5.56 Å². The molecule has 6 heteroatoms. The van der Waals surface area contributed by atoms with Crippen LogP contribution in [0.25, 0.3) is 11.5 Å². The summed E-state index contributed by atoms with van der Waals surface area (Å²) in [6.07, 6.45) is 4.77. The molecule has 6 nitrogen and oxygen atoms in total. The Bertz CT molecular complexity index is 1410. The molecule has 0 radical (unpaired) electrons. The number of aryl methyl sites for hydroxylation is 1. The number of carbonyl (C=O) groups is 2. The van der Waals surface area contributed by atoms with Crippen molar-refractivity contribution in [1.82, 2.24) is 15.0 Å². The fraction of sp³-hybridized carbons (Fsp3) is 0.353. The first-order chi connectivity index (χ1) is 19.5. The van der Waals surface area contributed by atoms with E-state index in [-0.39, 0.29) is 5.91 Å². The zero-order valence-electron chi connectivity index (χ0n) is 23.4. The third-order valence-electron chi connectivity index (χ3n) is 8.39. The molecule has 1 saturated heterocycles. The lowest BCUT2D eigenvalue weighted by Gasteiger charge is -2.41. The van der Waals surface area contributed by atoms with Crippen molar-refractivity contribution < 1.29 is 14.1 Å². The number of benzene rings is 3. The summed E-state index contributed by atoms with van der Waals surface area (Å²) in [5.41, 5.74) is 3.27. The number of nitrogens with zero attached hydrogens (tertiary/aromatic N) is 3. The Kier molecular flexibility index (Phi) is 8.54. The molecule has 1 fully saturated rings. The number of rotatable bonds is 10. The van der Waals surface area contributed by atoms with Crippen LogP contribution in [-0.4, -0.2) is 39.8 Å². The second-order valence-corrected chi connectivity index (χ2v) is 10.8. The van der Waals surface area contributed by atoms with Crippen LogP contribution in [-0.2, 0) is 10.2 Å². The zero-order chi connectivity index (χ0) is 28.0. The molecule has 1 unspecified atom stereocenters. The topological polar surface area (TPSA) is 76.3 Å². The average molecular weight is 536 g/mol. The number of hydrogen-bond acceptors (Lipinski definition) is 5. The van der Waals surface area contributed by atoms with Gasteiger partial charge in [-0.25, -0.2) is 0 Å². The number of carbonyl (C=O) groups excluding carboxylic acids is 2. The number of Topliss-reactive ketones (excluding diaryl/α,β-unsaturated/α-hetero) is 1. The van der Waals surface area contributed by atoms with Crippen LogP contribution in [0.2, 0.25) is 0 Å². The molecular formula is C34H37N3O3. The maximum atomic E-state index is 13.9. The molecular weight excluding hydrogens is 498 g/mol. The predicted molar refractivity (Wildman–Crippen MR) is 156 cm³/mol. The van der Waals surface area contributed by atoms with Gasteiger partial charge in [-0.2, -0.15) is 4.98 Å². The minimum absolute atomic E-state index is 0.0176. The van der Waals surface area contributed by atoms with E-state index in [4.69, 9.17) is 4.52 Å². The zero-order valence-corrected chi connectivity index (χ0v) is 23.4. The van der Waals surface area contributed by atoms with Gasteiger partial charge < -0.3 is 9.42 Å². The molecule has 5 rings (SSSR count). The summed E-state index contributed by atoms with van der Waals surface area (Å²) in [6.45, 7) is 5.09. The van der Waals surface area contributed by atoms with Gasteiger partial charge >= 0.3 is 0 Å². The Morgan fingerprint density at radius 1 is 0.925 bits per heavy atom. The molecule has 0 bridgehead atoms. The van der Waals surface area contributed by atoms with E-state index in [1.807, 2.05) is 41.3 Å². The van der Waals surface area contributed by atoms with Gasteiger partial charge in [0, 0.05) is 30.6 Å². The molecule has 4 aromatic rings. The SMILES string of the molecule is CCC(CCCC(=O)C1(c2ccccc2)CCN(C(=O)c2ccc(-c3nc(C)no3)cc2)CC1)c1ccccc1. The van der Waals surface area contributed by atoms with Gasteiger partial charge in [0.1, 0.15) is 5.78 Å². The van der Waals surface area contributed by atoms with Crippen molar-refractivity contribution >= 4 is 11.7 Å². The Balaban J connectivity index is 1.25. The monoisotopic (exact) mass is 535 g/mol. The number of ketones is 1. The highest BCUT2D eigenvalue weighted by atomic mass is 16.5. The first kappa shape index (κ1) is 27.5. The van der Waals surface area contributed by atoms with Crippen molar-refractivity contribution in [2.24, 2.45) is 0 Å². The van der Waals surface area contributed by atoms with Crippen LogP contribution >= 0.6 is 0 Å². The molecule has 0 aliphatic carbocycles. The number of amides is 1. The smallest absolute Gasteiger partial charge is 0.257 e. The maximum absolute atomic E-state index is 13.9. The normalized spacial score (nSPS) is 15.5. The number of aromatic nitrogens is 2. The highest BCUT2D eigenvalue weighted by Crippen LogP contribution is 2.39. The molecule has 1 amide bonds. The number of hydrogen-bond donors (Lipinski definition) is 0. The summed E-state index contributed by atoms with van der Waals surface area (Å²) < 4.78 is 5.24. The first-order valence-corrected chi connectivity index (χ1v) is 14.3. The van der Waals surface area contributed by atoms with E-state index in [0.29, 0.717) is 61.3 Å². The van der Waals surface area contributed by atoms with Gasteiger partial charge in [0.2, 0.25) is 0 Å². The van der Waals surface area contributed by atoms with Crippen molar-refractivity contribution in [2.45, 2.75) is 63.7 Å². The summed E-state index contributed by atoms with van der Waals surface area (Å²) in [5.74, 6) is 1.76. The van der Waals surface area contributed by atoms with Crippen molar-refractivity contribution in [3.8, 4) is 11.5 Å². The van der Waals surface area contributed by atoms with Crippen LogP contribution in [0.3, 0.4) is 0 Å². The lowest BCUT2D eigenvalue weighted by Crippen LogP contribution is -2.49. The van der Waals surface area contributed by atoms with E-state index >= 15 is 0 Å². The van der Waals surface area contributed by atoms with Crippen LogP contribution in [0.5, 0.6) is 0 Å². The molecule has 0 N–H and O–H groups in total. The fourth-order valence-corrected chi connectivity index (χ4v) is 6.01. The average Bonchev–Trinajstić information content (AvgIpc) is 3.46. The van der Waals surface area contributed by atoms with E-state index < -0.39 is 5.41 Å². The highest BCUT2D eigenvalue weighted by molar-refractivity contribution is 5.95. The summed E-state index contributed by atoms with van der Waals surface area (Å²) in [4.78, 5) is 33.4. The van der Waals surface area contributed by atoms with Gasteiger partial charge in [0.25, 0.3) is 11.8 Å². The Labute approximate surface area is 236 Å². The van der Waals surface area contributed by atoms with E-state index in [0.717, 1.165) is 30.4 Å². The Morgan fingerprint density at radius 2 is 1.57 bits per heavy atom.